The molecule has 3 heterocycles. The first-order valence-electron chi connectivity index (χ1n) is 8.65. The molecule has 0 saturated carbocycles. The van der Waals surface area contributed by atoms with E-state index < -0.39 is 6.10 Å². The first-order chi connectivity index (χ1) is 13.6. The molecule has 0 unspecified atom stereocenters. The number of nitrogens with zero attached hydrogens (tertiary/aromatic N) is 3. The summed E-state index contributed by atoms with van der Waals surface area (Å²) in [4.78, 5) is 16.8. The van der Waals surface area contributed by atoms with Crippen LogP contribution in [0.15, 0.2) is 50.9 Å². The van der Waals surface area contributed by atoms with Crippen molar-refractivity contribution in [1.29, 1.82) is 0 Å². The summed E-state index contributed by atoms with van der Waals surface area (Å²) in [5.74, 6) is 0.281. The molecule has 3 aromatic heterocycles. The minimum absolute atomic E-state index is 0.101. The van der Waals surface area contributed by atoms with E-state index in [0.29, 0.717) is 11.6 Å². The molecule has 0 fully saturated rings. The third-order valence-electron chi connectivity index (χ3n) is 4.04. The number of hydrogen-bond acceptors (Lipinski definition) is 8. The Morgan fingerprint density at radius 3 is 2.71 bits per heavy atom. The third-order valence-corrected chi connectivity index (χ3v) is 5.66. The van der Waals surface area contributed by atoms with Gasteiger partial charge in [-0.3, -0.25) is 4.79 Å². The number of thiophene rings is 1. The molecule has 1 aromatic carbocycles. The fourth-order valence-corrected chi connectivity index (χ4v) is 4.09. The van der Waals surface area contributed by atoms with Crippen molar-refractivity contribution in [3.63, 3.8) is 0 Å². The van der Waals surface area contributed by atoms with Crippen LogP contribution in [0.2, 0.25) is 0 Å². The van der Waals surface area contributed by atoms with Crippen molar-refractivity contribution < 1.29 is 13.9 Å². The molecule has 0 aliphatic heterocycles. The fraction of sp³-hybridized carbons (Fsp3) is 0.200. The van der Waals surface area contributed by atoms with Crippen molar-refractivity contribution in [1.82, 2.24) is 15.2 Å². The van der Waals surface area contributed by atoms with E-state index in [9.17, 15) is 4.79 Å². The van der Waals surface area contributed by atoms with Crippen LogP contribution in [0.4, 0.5) is 0 Å². The van der Waals surface area contributed by atoms with Gasteiger partial charge in [0.15, 0.2) is 6.10 Å². The normalized spacial score (nSPS) is 12.1. The van der Waals surface area contributed by atoms with Gasteiger partial charge < -0.3 is 9.15 Å². The summed E-state index contributed by atoms with van der Waals surface area (Å²) in [6, 6.07) is 9.78. The Morgan fingerprint density at radius 1 is 1.14 bits per heavy atom. The van der Waals surface area contributed by atoms with Gasteiger partial charge in [-0.15, -0.1) is 21.5 Å². The van der Waals surface area contributed by atoms with Crippen molar-refractivity contribution in [3.8, 4) is 22.0 Å². The van der Waals surface area contributed by atoms with Gasteiger partial charge >= 0.3 is 5.97 Å². The minimum Gasteiger partial charge on any atom is -0.452 e. The van der Waals surface area contributed by atoms with E-state index in [1.54, 1.807) is 18.3 Å². The SMILES string of the molecule is Cc1ccc(-c2nnc([C@@H](C)OC(=O)Cc3csc(-c4ccsc4)n3)o2)cc1. The molecule has 0 aliphatic carbocycles. The Balaban J connectivity index is 1.37. The smallest absolute Gasteiger partial charge is 0.312 e. The quantitative estimate of drug-likeness (QED) is 0.412. The summed E-state index contributed by atoms with van der Waals surface area (Å²) < 4.78 is 11.1. The second-order valence-corrected chi connectivity index (χ2v) is 7.91. The highest BCUT2D eigenvalue weighted by Crippen LogP contribution is 2.27. The van der Waals surface area contributed by atoms with Crippen LogP contribution in [0.25, 0.3) is 22.0 Å². The molecule has 0 amide bonds. The largest absolute Gasteiger partial charge is 0.452 e. The van der Waals surface area contributed by atoms with Crippen LogP contribution in [0, 0.1) is 6.92 Å². The Kier molecular flexibility index (Phi) is 5.31. The summed E-state index contributed by atoms with van der Waals surface area (Å²) in [6.07, 6.45) is -0.529. The Hall–Kier alpha value is -2.84. The second kappa shape index (κ2) is 8.04. The zero-order chi connectivity index (χ0) is 19.5. The first kappa shape index (κ1) is 18.5. The average Bonchev–Trinajstić information content (AvgIpc) is 3.43. The van der Waals surface area contributed by atoms with E-state index in [-0.39, 0.29) is 18.3 Å². The predicted octanol–water partition coefficient (Wildman–Crippen LogP) is 5.08. The maximum absolute atomic E-state index is 12.3. The minimum atomic E-state index is -0.630. The van der Waals surface area contributed by atoms with Gasteiger partial charge in [0.25, 0.3) is 5.89 Å². The molecule has 0 saturated heterocycles. The van der Waals surface area contributed by atoms with Gasteiger partial charge in [-0.1, -0.05) is 17.7 Å². The lowest BCUT2D eigenvalue weighted by Crippen LogP contribution is -2.12. The highest BCUT2D eigenvalue weighted by molar-refractivity contribution is 7.14. The fourth-order valence-electron chi connectivity index (χ4n) is 2.56. The van der Waals surface area contributed by atoms with Crippen LogP contribution < -0.4 is 0 Å². The molecule has 6 nitrogen and oxygen atoms in total. The van der Waals surface area contributed by atoms with Gasteiger partial charge in [-0.2, -0.15) is 11.3 Å². The lowest BCUT2D eigenvalue weighted by atomic mass is 10.1. The zero-order valence-corrected chi connectivity index (χ0v) is 16.9. The Labute approximate surface area is 169 Å². The van der Waals surface area contributed by atoms with Crippen molar-refractivity contribution in [2.45, 2.75) is 26.4 Å². The molecule has 4 rings (SSSR count). The summed E-state index contributed by atoms with van der Waals surface area (Å²) in [7, 11) is 0. The van der Waals surface area contributed by atoms with Gasteiger partial charge in [-0.25, -0.2) is 4.98 Å². The number of benzene rings is 1. The number of esters is 1. The number of ether oxygens (including phenoxy) is 1. The van der Waals surface area contributed by atoms with E-state index in [1.165, 1.54) is 11.3 Å². The van der Waals surface area contributed by atoms with Crippen molar-refractivity contribution in [2.75, 3.05) is 0 Å². The first-order valence-corrected chi connectivity index (χ1v) is 10.5. The third kappa shape index (κ3) is 4.18. The molecule has 0 N–H and O–H groups in total. The van der Waals surface area contributed by atoms with Gasteiger partial charge in [0.1, 0.15) is 5.01 Å². The number of carbonyl (C=O) groups excluding carboxylic acids is 1. The van der Waals surface area contributed by atoms with Gasteiger partial charge in [-0.05, 0) is 37.4 Å². The van der Waals surface area contributed by atoms with Gasteiger partial charge in [0.05, 0.1) is 12.1 Å². The maximum Gasteiger partial charge on any atom is 0.312 e. The van der Waals surface area contributed by atoms with Crippen molar-refractivity contribution in [2.24, 2.45) is 0 Å². The second-order valence-electron chi connectivity index (χ2n) is 6.28. The topological polar surface area (TPSA) is 78.1 Å². The Bertz CT molecular complexity index is 1070. The number of aryl methyl sites for hydroxylation is 1. The number of thiazole rings is 1. The van der Waals surface area contributed by atoms with Crippen LogP contribution in [0.3, 0.4) is 0 Å². The van der Waals surface area contributed by atoms with E-state index in [0.717, 1.165) is 21.7 Å². The number of rotatable bonds is 6. The average molecular weight is 412 g/mol. The lowest BCUT2D eigenvalue weighted by Gasteiger charge is -2.08. The predicted molar refractivity (Wildman–Crippen MR) is 108 cm³/mol. The molecule has 4 aromatic rings. The zero-order valence-electron chi connectivity index (χ0n) is 15.3. The molecule has 0 bridgehead atoms. The number of carbonyl (C=O) groups is 1. The highest BCUT2D eigenvalue weighted by Gasteiger charge is 2.20. The monoisotopic (exact) mass is 411 g/mol. The maximum atomic E-state index is 12.3. The van der Waals surface area contributed by atoms with Crippen molar-refractivity contribution >= 4 is 28.6 Å². The van der Waals surface area contributed by atoms with Gasteiger partial charge in [0.2, 0.25) is 5.89 Å². The van der Waals surface area contributed by atoms with Gasteiger partial charge in [0, 0.05) is 21.9 Å². The van der Waals surface area contributed by atoms with Crippen LogP contribution in [-0.2, 0) is 16.0 Å². The van der Waals surface area contributed by atoms with Crippen molar-refractivity contribution in [3.05, 3.63) is 63.6 Å². The van der Waals surface area contributed by atoms with Crippen LogP contribution in [0.1, 0.15) is 30.2 Å². The molecule has 0 aliphatic rings. The number of aromatic nitrogens is 3. The van der Waals surface area contributed by atoms with E-state index in [4.69, 9.17) is 9.15 Å². The van der Waals surface area contributed by atoms with E-state index >= 15 is 0 Å². The van der Waals surface area contributed by atoms with E-state index in [2.05, 4.69) is 15.2 Å². The molecular formula is C20H17N3O3S2. The molecule has 1 atom stereocenters. The molecule has 0 radical (unpaired) electrons. The molecule has 142 valence electrons. The van der Waals surface area contributed by atoms with Crippen LogP contribution >= 0.6 is 22.7 Å². The van der Waals surface area contributed by atoms with Crippen LogP contribution in [-0.4, -0.2) is 21.2 Å². The lowest BCUT2D eigenvalue weighted by molar-refractivity contribution is -0.148. The molecular weight excluding hydrogens is 394 g/mol. The molecule has 28 heavy (non-hydrogen) atoms. The molecule has 8 heteroatoms. The summed E-state index contributed by atoms with van der Waals surface area (Å²) in [5.41, 5.74) is 3.73. The van der Waals surface area contributed by atoms with Crippen LogP contribution in [0.5, 0.6) is 0 Å². The van der Waals surface area contributed by atoms with E-state index in [1.807, 2.05) is 53.4 Å². The summed E-state index contributed by atoms with van der Waals surface area (Å²) >= 11 is 3.13. The highest BCUT2D eigenvalue weighted by atomic mass is 32.1. The Morgan fingerprint density at radius 2 is 1.96 bits per heavy atom. The molecule has 0 spiro atoms. The summed E-state index contributed by atoms with van der Waals surface area (Å²) in [5, 5.41) is 14.9. The standard InChI is InChI=1S/C20H17N3O3S2/c1-12-3-5-14(6-4-12)19-23-22-18(26-19)13(2)25-17(24)9-16-11-28-20(21-16)15-7-8-27-10-15/h3-8,10-11,13H,9H2,1-2H3/t13-/m1/s1. The summed E-state index contributed by atoms with van der Waals surface area (Å²) in [6.45, 7) is 3.72. The number of hydrogen-bond donors (Lipinski definition) is 0.